The highest BCUT2D eigenvalue weighted by atomic mass is 79.9. The third-order valence-electron chi connectivity index (χ3n) is 2.20. The van der Waals surface area contributed by atoms with E-state index in [9.17, 15) is 4.79 Å². The van der Waals surface area contributed by atoms with Crippen molar-refractivity contribution in [1.29, 1.82) is 0 Å². The smallest absolute Gasteiger partial charge is 0.133 e. The number of nitrogens with one attached hydrogen (secondary N) is 1. The Morgan fingerprint density at radius 3 is 3.00 bits per heavy atom. The molecular weight excluding hydrogens is 206 g/mol. The fourth-order valence-electron chi connectivity index (χ4n) is 1.48. The molecule has 0 radical (unpaired) electrons. The van der Waals surface area contributed by atoms with Crippen molar-refractivity contribution < 1.29 is 4.79 Å². The topological polar surface area (TPSA) is 29.1 Å². The highest BCUT2D eigenvalue weighted by Crippen LogP contribution is 2.21. The zero-order valence-electron chi connectivity index (χ0n) is 6.55. The van der Waals surface area contributed by atoms with Crippen LogP contribution in [-0.4, -0.2) is 24.2 Å². The van der Waals surface area contributed by atoms with Gasteiger partial charge in [0, 0.05) is 0 Å². The van der Waals surface area contributed by atoms with Gasteiger partial charge in [-0.25, -0.2) is 0 Å². The molecule has 0 aromatic rings. The normalized spacial score (nSPS) is 29.0. The quantitative estimate of drug-likeness (QED) is 0.562. The van der Waals surface area contributed by atoms with E-state index in [-0.39, 0.29) is 4.83 Å². The fraction of sp³-hybridized carbons (Fsp3) is 0.875. The zero-order valence-corrected chi connectivity index (χ0v) is 8.14. The largest absolute Gasteiger partial charge is 0.317 e. The average Bonchev–Trinajstić information content (AvgIpc) is 2.30. The van der Waals surface area contributed by atoms with Gasteiger partial charge < -0.3 is 10.1 Å². The van der Waals surface area contributed by atoms with Gasteiger partial charge in [0.15, 0.2) is 0 Å². The lowest BCUT2D eigenvalue weighted by Gasteiger charge is -2.14. The van der Waals surface area contributed by atoms with Crippen LogP contribution in [0.5, 0.6) is 0 Å². The van der Waals surface area contributed by atoms with Crippen molar-refractivity contribution in [3.8, 4) is 0 Å². The standard InChI is InChI=1S/C8H14BrNO/c9-8(6-11)7-2-1-4-10-5-3-7/h6-8,10H,1-5H2. The first-order valence-electron chi connectivity index (χ1n) is 4.14. The van der Waals surface area contributed by atoms with Crippen LogP contribution in [0, 0.1) is 5.92 Å². The second-order valence-electron chi connectivity index (χ2n) is 3.02. The van der Waals surface area contributed by atoms with E-state index in [0.717, 1.165) is 25.8 Å². The highest BCUT2D eigenvalue weighted by molar-refractivity contribution is 9.09. The van der Waals surface area contributed by atoms with Crippen molar-refractivity contribution in [2.24, 2.45) is 5.92 Å². The molecule has 0 aliphatic carbocycles. The lowest BCUT2D eigenvalue weighted by Crippen LogP contribution is -2.18. The predicted molar refractivity (Wildman–Crippen MR) is 49.0 cm³/mol. The maximum Gasteiger partial charge on any atom is 0.133 e. The maximum atomic E-state index is 10.4. The van der Waals surface area contributed by atoms with Gasteiger partial charge in [-0.05, 0) is 38.3 Å². The first kappa shape index (κ1) is 9.20. The highest BCUT2D eigenvalue weighted by Gasteiger charge is 2.18. The Morgan fingerprint density at radius 1 is 1.45 bits per heavy atom. The molecule has 1 heterocycles. The first-order chi connectivity index (χ1) is 5.34. The Bertz CT molecular complexity index is 121. The van der Waals surface area contributed by atoms with Gasteiger partial charge in [0.25, 0.3) is 0 Å². The van der Waals surface area contributed by atoms with E-state index < -0.39 is 0 Å². The van der Waals surface area contributed by atoms with Gasteiger partial charge in [0.1, 0.15) is 6.29 Å². The minimum atomic E-state index is 0.0717. The molecule has 1 aliphatic heterocycles. The fourth-order valence-corrected chi connectivity index (χ4v) is 2.00. The molecule has 1 fully saturated rings. The number of hydrogen-bond acceptors (Lipinski definition) is 2. The number of carbonyl (C=O) groups is 1. The van der Waals surface area contributed by atoms with Crippen molar-refractivity contribution in [2.45, 2.75) is 24.1 Å². The minimum Gasteiger partial charge on any atom is -0.317 e. The van der Waals surface area contributed by atoms with Gasteiger partial charge in [-0.3, -0.25) is 0 Å². The van der Waals surface area contributed by atoms with E-state index in [1.54, 1.807) is 0 Å². The van der Waals surface area contributed by atoms with E-state index in [1.165, 1.54) is 12.8 Å². The van der Waals surface area contributed by atoms with Gasteiger partial charge in [-0.1, -0.05) is 15.9 Å². The Morgan fingerprint density at radius 2 is 2.27 bits per heavy atom. The van der Waals surface area contributed by atoms with E-state index in [4.69, 9.17) is 0 Å². The molecule has 3 heteroatoms. The van der Waals surface area contributed by atoms with Crippen molar-refractivity contribution in [2.75, 3.05) is 13.1 Å². The SMILES string of the molecule is O=CC(Br)C1CCCNCC1. The summed E-state index contributed by atoms with van der Waals surface area (Å²) in [5.41, 5.74) is 0. The second kappa shape index (κ2) is 4.88. The number of carbonyl (C=O) groups excluding carboxylic acids is 1. The van der Waals surface area contributed by atoms with E-state index in [0.29, 0.717) is 5.92 Å². The van der Waals surface area contributed by atoms with Crippen LogP contribution in [0.2, 0.25) is 0 Å². The van der Waals surface area contributed by atoms with Crippen LogP contribution < -0.4 is 5.32 Å². The summed E-state index contributed by atoms with van der Waals surface area (Å²) in [5.74, 6) is 0.544. The van der Waals surface area contributed by atoms with Crippen molar-refractivity contribution in [3.63, 3.8) is 0 Å². The van der Waals surface area contributed by atoms with Crippen LogP contribution in [0.25, 0.3) is 0 Å². The Kier molecular flexibility index (Phi) is 4.08. The Balaban J connectivity index is 2.35. The summed E-state index contributed by atoms with van der Waals surface area (Å²) < 4.78 is 0. The van der Waals surface area contributed by atoms with Gasteiger partial charge >= 0.3 is 0 Å². The maximum absolute atomic E-state index is 10.4. The van der Waals surface area contributed by atoms with E-state index >= 15 is 0 Å². The number of aldehydes is 1. The van der Waals surface area contributed by atoms with Crippen molar-refractivity contribution in [1.82, 2.24) is 5.32 Å². The third kappa shape index (κ3) is 2.91. The molecule has 11 heavy (non-hydrogen) atoms. The summed E-state index contributed by atoms with van der Waals surface area (Å²) in [5, 5.41) is 3.32. The molecule has 0 amide bonds. The molecule has 2 atom stereocenters. The summed E-state index contributed by atoms with van der Waals surface area (Å²) in [7, 11) is 0. The van der Waals surface area contributed by atoms with Gasteiger partial charge in [-0.15, -0.1) is 0 Å². The van der Waals surface area contributed by atoms with E-state index in [1.807, 2.05) is 0 Å². The zero-order chi connectivity index (χ0) is 8.10. The van der Waals surface area contributed by atoms with Crippen molar-refractivity contribution >= 4 is 22.2 Å². The monoisotopic (exact) mass is 219 g/mol. The molecule has 0 aromatic carbocycles. The molecular formula is C8H14BrNO. The van der Waals surface area contributed by atoms with Crippen LogP contribution >= 0.6 is 15.9 Å². The predicted octanol–water partition coefficient (Wildman–Crippen LogP) is 1.34. The Labute approximate surface area is 75.9 Å². The lowest BCUT2D eigenvalue weighted by atomic mass is 9.98. The molecule has 1 aliphatic rings. The summed E-state index contributed by atoms with van der Waals surface area (Å²) in [4.78, 5) is 10.5. The molecule has 0 bridgehead atoms. The molecule has 1 rings (SSSR count). The molecule has 0 aromatic heterocycles. The molecule has 2 unspecified atom stereocenters. The van der Waals surface area contributed by atoms with Crippen LogP contribution in [0.15, 0.2) is 0 Å². The van der Waals surface area contributed by atoms with Crippen LogP contribution in [0.3, 0.4) is 0 Å². The number of hydrogen-bond donors (Lipinski definition) is 1. The van der Waals surface area contributed by atoms with E-state index in [2.05, 4.69) is 21.2 Å². The van der Waals surface area contributed by atoms with Gasteiger partial charge in [0.2, 0.25) is 0 Å². The molecule has 64 valence electrons. The van der Waals surface area contributed by atoms with Crippen LogP contribution in [0.4, 0.5) is 0 Å². The third-order valence-corrected chi connectivity index (χ3v) is 3.16. The molecule has 1 saturated heterocycles. The first-order valence-corrected chi connectivity index (χ1v) is 5.06. The number of halogens is 1. The minimum absolute atomic E-state index is 0.0717. The molecule has 0 spiro atoms. The average molecular weight is 220 g/mol. The van der Waals surface area contributed by atoms with Gasteiger partial charge in [-0.2, -0.15) is 0 Å². The lowest BCUT2D eigenvalue weighted by molar-refractivity contribution is -0.108. The summed E-state index contributed by atoms with van der Waals surface area (Å²) >= 11 is 3.38. The van der Waals surface area contributed by atoms with Crippen LogP contribution in [0.1, 0.15) is 19.3 Å². The summed E-state index contributed by atoms with van der Waals surface area (Å²) in [6.45, 7) is 2.16. The molecule has 1 N–H and O–H groups in total. The summed E-state index contributed by atoms with van der Waals surface area (Å²) in [6, 6.07) is 0. The number of alkyl halides is 1. The van der Waals surface area contributed by atoms with Crippen molar-refractivity contribution in [3.05, 3.63) is 0 Å². The molecule has 2 nitrogen and oxygen atoms in total. The second-order valence-corrected chi connectivity index (χ2v) is 4.08. The van der Waals surface area contributed by atoms with Gasteiger partial charge in [0.05, 0.1) is 4.83 Å². The van der Waals surface area contributed by atoms with Crippen LogP contribution in [-0.2, 0) is 4.79 Å². The number of rotatable bonds is 2. The molecule has 0 saturated carbocycles. The Hall–Kier alpha value is 0.110. The summed E-state index contributed by atoms with van der Waals surface area (Å²) in [6.07, 6.45) is 4.49.